The molecule has 0 unspecified atom stereocenters. The largest absolute Gasteiger partial charge is 0.452 e. The Kier molecular flexibility index (Phi) is 6.20. The Bertz CT molecular complexity index is 762. The number of rotatable bonds is 5. The highest BCUT2D eigenvalue weighted by molar-refractivity contribution is 6.32. The maximum Gasteiger partial charge on any atom is 0.341 e. The fourth-order valence-corrected chi connectivity index (χ4v) is 3.03. The molecule has 0 atom stereocenters. The van der Waals surface area contributed by atoms with Crippen LogP contribution in [0.1, 0.15) is 15.9 Å². The Morgan fingerprint density at radius 1 is 1.04 bits per heavy atom. The minimum Gasteiger partial charge on any atom is -0.452 e. The molecule has 0 radical (unpaired) electrons. The smallest absolute Gasteiger partial charge is 0.341 e. The third-order valence-corrected chi connectivity index (χ3v) is 4.58. The zero-order valence-electron chi connectivity index (χ0n) is 14.3. The third kappa shape index (κ3) is 4.80. The SMILES string of the molecule is O=C(OCC(=O)N1CCN(Cc2ccccc2)CC1)c1cccnc1Cl. The van der Waals surface area contributed by atoms with Gasteiger partial charge in [-0.1, -0.05) is 41.9 Å². The Labute approximate surface area is 157 Å². The number of ether oxygens (including phenoxy) is 1. The van der Waals surface area contributed by atoms with Gasteiger partial charge in [0.25, 0.3) is 5.91 Å². The standard InChI is InChI=1S/C19H20ClN3O3/c20-18-16(7-4-8-21-18)19(25)26-14-17(24)23-11-9-22(10-12-23)13-15-5-2-1-3-6-15/h1-8H,9-14H2. The molecule has 0 saturated carbocycles. The molecule has 1 aromatic carbocycles. The van der Waals surface area contributed by atoms with E-state index < -0.39 is 5.97 Å². The monoisotopic (exact) mass is 373 g/mol. The average molecular weight is 374 g/mol. The van der Waals surface area contributed by atoms with Gasteiger partial charge in [0, 0.05) is 38.9 Å². The number of amides is 1. The molecule has 1 aliphatic heterocycles. The molecule has 6 nitrogen and oxygen atoms in total. The van der Waals surface area contributed by atoms with Crippen LogP contribution in [-0.4, -0.2) is 59.4 Å². The summed E-state index contributed by atoms with van der Waals surface area (Å²) < 4.78 is 5.08. The molecule has 136 valence electrons. The van der Waals surface area contributed by atoms with Crippen molar-refractivity contribution >= 4 is 23.5 Å². The van der Waals surface area contributed by atoms with E-state index in [2.05, 4.69) is 22.0 Å². The topological polar surface area (TPSA) is 62.7 Å². The number of aromatic nitrogens is 1. The lowest BCUT2D eigenvalue weighted by molar-refractivity contribution is -0.136. The Morgan fingerprint density at radius 2 is 1.77 bits per heavy atom. The van der Waals surface area contributed by atoms with Crippen molar-refractivity contribution in [2.24, 2.45) is 0 Å². The summed E-state index contributed by atoms with van der Waals surface area (Å²) in [5.74, 6) is -0.836. The highest BCUT2D eigenvalue weighted by Gasteiger charge is 2.22. The second-order valence-electron chi connectivity index (χ2n) is 6.06. The van der Waals surface area contributed by atoms with Crippen molar-refractivity contribution < 1.29 is 14.3 Å². The van der Waals surface area contributed by atoms with E-state index in [0.717, 1.165) is 19.6 Å². The van der Waals surface area contributed by atoms with E-state index in [1.807, 2.05) is 18.2 Å². The predicted octanol–water partition coefficient (Wildman–Crippen LogP) is 2.24. The maximum atomic E-state index is 12.3. The van der Waals surface area contributed by atoms with Gasteiger partial charge in [-0.2, -0.15) is 0 Å². The van der Waals surface area contributed by atoms with Crippen molar-refractivity contribution in [1.29, 1.82) is 0 Å². The zero-order chi connectivity index (χ0) is 18.4. The molecule has 7 heteroatoms. The number of carbonyl (C=O) groups is 2. The van der Waals surface area contributed by atoms with Gasteiger partial charge in [-0.05, 0) is 17.7 Å². The van der Waals surface area contributed by atoms with Gasteiger partial charge in [-0.15, -0.1) is 0 Å². The van der Waals surface area contributed by atoms with E-state index >= 15 is 0 Å². The lowest BCUT2D eigenvalue weighted by Crippen LogP contribution is -2.49. The van der Waals surface area contributed by atoms with Crippen LogP contribution in [0.2, 0.25) is 5.15 Å². The summed E-state index contributed by atoms with van der Waals surface area (Å²) in [5.41, 5.74) is 1.42. The number of pyridine rings is 1. The van der Waals surface area contributed by atoms with Crippen LogP contribution in [0.15, 0.2) is 48.7 Å². The number of carbonyl (C=O) groups excluding carboxylic acids is 2. The normalized spacial score (nSPS) is 14.9. The summed E-state index contributed by atoms with van der Waals surface area (Å²) in [6.07, 6.45) is 1.49. The Balaban J connectivity index is 1.44. The highest BCUT2D eigenvalue weighted by atomic mass is 35.5. The van der Waals surface area contributed by atoms with Crippen LogP contribution in [0.3, 0.4) is 0 Å². The number of esters is 1. The summed E-state index contributed by atoms with van der Waals surface area (Å²) in [7, 11) is 0. The van der Waals surface area contributed by atoms with Crippen LogP contribution >= 0.6 is 11.6 Å². The molecule has 1 amide bonds. The first-order chi connectivity index (χ1) is 12.6. The van der Waals surface area contributed by atoms with Crippen LogP contribution in [0.25, 0.3) is 0 Å². The van der Waals surface area contributed by atoms with Gasteiger partial charge >= 0.3 is 5.97 Å². The number of benzene rings is 1. The molecule has 1 aromatic heterocycles. The number of piperazine rings is 1. The van der Waals surface area contributed by atoms with E-state index in [-0.39, 0.29) is 23.2 Å². The van der Waals surface area contributed by atoms with E-state index in [1.54, 1.807) is 11.0 Å². The molecule has 0 bridgehead atoms. The highest BCUT2D eigenvalue weighted by Crippen LogP contribution is 2.13. The van der Waals surface area contributed by atoms with Crippen molar-refractivity contribution in [3.05, 3.63) is 64.9 Å². The zero-order valence-corrected chi connectivity index (χ0v) is 15.1. The minimum absolute atomic E-state index is 0.0690. The lowest BCUT2D eigenvalue weighted by atomic mass is 10.2. The van der Waals surface area contributed by atoms with Crippen molar-refractivity contribution in [3.63, 3.8) is 0 Å². The summed E-state index contributed by atoms with van der Waals surface area (Å²) in [5, 5.41) is 0.0690. The van der Waals surface area contributed by atoms with E-state index in [1.165, 1.54) is 17.8 Å². The molecule has 0 aliphatic carbocycles. The molecule has 1 fully saturated rings. The lowest BCUT2D eigenvalue weighted by Gasteiger charge is -2.34. The molecular weight excluding hydrogens is 354 g/mol. The van der Waals surface area contributed by atoms with E-state index in [4.69, 9.17) is 16.3 Å². The second-order valence-corrected chi connectivity index (χ2v) is 6.42. The summed E-state index contributed by atoms with van der Waals surface area (Å²) in [4.78, 5) is 32.1. The van der Waals surface area contributed by atoms with Crippen LogP contribution in [0.4, 0.5) is 0 Å². The molecule has 2 heterocycles. The van der Waals surface area contributed by atoms with Gasteiger partial charge in [0.15, 0.2) is 6.61 Å². The summed E-state index contributed by atoms with van der Waals surface area (Å²) >= 11 is 5.85. The predicted molar refractivity (Wildman–Crippen MR) is 97.8 cm³/mol. The summed E-state index contributed by atoms with van der Waals surface area (Å²) in [6, 6.07) is 13.4. The number of nitrogens with zero attached hydrogens (tertiary/aromatic N) is 3. The maximum absolute atomic E-state index is 12.3. The minimum atomic E-state index is -0.640. The van der Waals surface area contributed by atoms with Gasteiger partial charge in [0.1, 0.15) is 5.15 Å². The molecule has 26 heavy (non-hydrogen) atoms. The van der Waals surface area contributed by atoms with Crippen LogP contribution in [-0.2, 0) is 16.1 Å². The van der Waals surface area contributed by atoms with Crippen molar-refractivity contribution in [2.75, 3.05) is 32.8 Å². The first-order valence-electron chi connectivity index (χ1n) is 8.45. The van der Waals surface area contributed by atoms with Gasteiger partial charge in [0.05, 0.1) is 5.56 Å². The molecule has 2 aromatic rings. The fourth-order valence-electron chi connectivity index (χ4n) is 2.83. The average Bonchev–Trinajstić information content (AvgIpc) is 2.67. The molecule has 3 rings (SSSR count). The number of hydrogen-bond donors (Lipinski definition) is 0. The quantitative estimate of drug-likeness (QED) is 0.594. The van der Waals surface area contributed by atoms with Crippen molar-refractivity contribution in [1.82, 2.24) is 14.8 Å². The second kappa shape index (κ2) is 8.78. The first-order valence-corrected chi connectivity index (χ1v) is 8.83. The van der Waals surface area contributed by atoms with Crippen LogP contribution < -0.4 is 0 Å². The van der Waals surface area contributed by atoms with Gasteiger partial charge in [0.2, 0.25) is 0 Å². The van der Waals surface area contributed by atoms with E-state index in [0.29, 0.717) is 13.1 Å². The van der Waals surface area contributed by atoms with Crippen molar-refractivity contribution in [2.45, 2.75) is 6.54 Å². The molecule has 1 saturated heterocycles. The van der Waals surface area contributed by atoms with Crippen LogP contribution in [0, 0.1) is 0 Å². The Hall–Kier alpha value is -2.44. The number of hydrogen-bond acceptors (Lipinski definition) is 5. The first kappa shape index (κ1) is 18.4. The Morgan fingerprint density at radius 3 is 2.46 bits per heavy atom. The van der Waals surface area contributed by atoms with Crippen LogP contribution in [0.5, 0.6) is 0 Å². The van der Waals surface area contributed by atoms with Crippen molar-refractivity contribution in [3.8, 4) is 0 Å². The van der Waals surface area contributed by atoms with E-state index in [9.17, 15) is 9.59 Å². The third-order valence-electron chi connectivity index (χ3n) is 4.28. The molecule has 1 aliphatic rings. The number of halogens is 1. The van der Waals surface area contributed by atoms with Gasteiger partial charge in [-0.3, -0.25) is 9.69 Å². The summed E-state index contributed by atoms with van der Waals surface area (Å²) in [6.45, 7) is 3.42. The molecular formula is C19H20ClN3O3. The van der Waals surface area contributed by atoms with Gasteiger partial charge < -0.3 is 9.64 Å². The fraction of sp³-hybridized carbons (Fsp3) is 0.316. The van der Waals surface area contributed by atoms with Gasteiger partial charge in [-0.25, -0.2) is 9.78 Å². The molecule has 0 N–H and O–H groups in total. The molecule has 0 spiro atoms.